The van der Waals surface area contributed by atoms with Crippen LogP contribution in [0.1, 0.15) is 86.0 Å². The van der Waals surface area contributed by atoms with Gasteiger partial charge in [-0.2, -0.15) is 0 Å². The normalized spacial score (nSPS) is 21.7. The largest absolute Gasteiger partial charge is 0.444 e. The summed E-state index contributed by atoms with van der Waals surface area (Å²) in [6.07, 6.45) is 9.59. The molecule has 0 spiro atoms. The molecule has 0 aromatic carbocycles. The fraction of sp³-hybridized carbons (Fsp3) is 0.947. The van der Waals surface area contributed by atoms with Crippen molar-refractivity contribution in [3.8, 4) is 0 Å². The van der Waals surface area contributed by atoms with E-state index in [0.29, 0.717) is 6.04 Å². The summed E-state index contributed by atoms with van der Waals surface area (Å²) < 4.78 is 5.32. The monoisotopic (exact) mass is 326 g/mol. The molecule has 0 radical (unpaired) electrons. The third kappa shape index (κ3) is 10.6. The van der Waals surface area contributed by atoms with Gasteiger partial charge >= 0.3 is 6.09 Å². The minimum atomic E-state index is -0.421. The van der Waals surface area contributed by atoms with Crippen LogP contribution >= 0.6 is 0 Å². The molecule has 1 rings (SSSR count). The molecule has 0 saturated heterocycles. The predicted molar refractivity (Wildman–Crippen MR) is 96.7 cm³/mol. The van der Waals surface area contributed by atoms with Gasteiger partial charge in [0.1, 0.15) is 5.60 Å². The third-order valence-corrected chi connectivity index (χ3v) is 4.29. The molecule has 1 aliphatic rings. The number of ether oxygens (including phenoxy) is 1. The Morgan fingerprint density at radius 2 is 1.74 bits per heavy atom. The van der Waals surface area contributed by atoms with Gasteiger partial charge in [0.2, 0.25) is 0 Å². The molecule has 0 aromatic rings. The van der Waals surface area contributed by atoms with Gasteiger partial charge in [0.15, 0.2) is 0 Å². The molecule has 1 aliphatic carbocycles. The van der Waals surface area contributed by atoms with Crippen LogP contribution in [0.3, 0.4) is 0 Å². The van der Waals surface area contributed by atoms with Crippen LogP contribution in [0.2, 0.25) is 0 Å². The fourth-order valence-corrected chi connectivity index (χ4v) is 3.11. The number of carbonyl (C=O) groups excluding carboxylic acids is 1. The molecule has 4 nitrogen and oxygen atoms in total. The zero-order chi connectivity index (χ0) is 17.3. The molecular weight excluding hydrogens is 288 g/mol. The number of hydrogen-bond acceptors (Lipinski definition) is 3. The second-order valence-corrected chi connectivity index (χ2v) is 8.40. The van der Waals surface area contributed by atoms with Gasteiger partial charge in [-0.15, -0.1) is 0 Å². The lowest BCUT2D eigenvalue weighted by atomic mass is 10.0. The van der Waals surface area contributed by atoms with Crippen LogP contribution in [0.25, 0.3) is 0 Å². The molecule has 0 heterocycles. The molecule has 1 amide bonds. The third-order valence-electron chi connectivity index (χ3n) is 4.29. The smallest absolute Gasteiger partial charge is 0.407 e. The predicted octanol–water partition coefficient (Wildman–Crippen LogP) is 4.63. The summed E-state index contributed by atoms with van der Waals surface area (Å²) in [5, 5.41) is 6.63. The van der Waals surface area contributed by atoms with E-state index < -0.39 is 5.60 Å². The second-order valence-electron chi connectivity index (χ2n) is 8.40. The molecule has 0 aromatic heterocycles. The van der Waals surface area contributed by atoms with Crippen LogP contribution in [0.4, 0.5) is 4.79 Å². The molecule has 2 N–H and O–H groups in total. The lowest BCUT2D eigenvalue weighted by Gasteiger charge is -2.21. The standard InChI is InChI=1S/C19H38N2O2/c1-15(2)10-8-6-7-9-13-20-16-11-12-17(14-16)21-18(22)23-19(3,4)5/h15-17,20H,6-14H2,1-5H3,(H,21,22). The fourth-order valence-electron chi connectivity index (χ4n) is 3.11. The maximum atomic E-state index is 11.8. The van der Waals surface area contributed by atoms with Crippen LogP contribution in [-0.4, -0.2) is 30.3 Å². The van der Waals surface area contributed by atoms with Crippen molar-refractivity contribution in [1.29, 1.82) is 0 Å². The first-order valence-electron chi connectivity index (χ1n) is 9.49. The van der Waals surface area contributed by atoms with Crippen molar-refractivity contribution in [1.82, 2.24) is 10.6 Å². The summed E-state index contributed by atoms with van der Waals surface area (Å²) in [6.45, 7) is 11.4. The average Bonchev–Trinajstić information content (AvgIpc) is 2.82. The number of carbonyl (C=O) groups is 1. The Labute approximate surface area is 143 Å². The molecule has 23 heavy (non-hydrogen) atoms. The molecule has 2 unspecified atom stereocenters. The van der Waals surface area contributed by atoms with Crippen LogP contribution in [0.5, 0.6) is 0 Å². The van der Waals surface area contributed by atoms with E-state index in [0.717, 1.165) is 31.7 Å². The van der Waals surface area contributed by atoms with Crippen molar-refractivity contribution in [2.75, 3.05) is 6.54 Å². The Kier molecular flexibility index (Phi) is 8.96. The quantitative estimate of drug-likeness (QED) is 0.607. The van der Waals surface area contributed by atoms with Gasteiger partial charge in [0.25, 0.3) is 0 Å². The topological polar surface area (TPSA) is 50.4 Å². The van der Waals surface area contributed by atoms with E-state index in [2.05, 4.69) is 24.5 Å². The first-order chi connectivity index (χ1) is 10.8. The summed E-state index contributed by atoms with van der Waals surface area (Å²) in [4.78, 5) is 11.8. The van der Waals surface area contributed by atoms with Gasteiger partial charge in [-0.05, 0) is 58.9 Å². The minimum Gasteiger partial charge on any atom is -0.444 e. The highest BCUT2D eigenvalue weighted by atomic mass is 16.6. The van der Waals surface area contributed by atoms with Crippen molar-refractivity contribution in [2.24, 2.45) is 5.92 Å². The highest BCUT2D eigenvalue weighted by Crippen LogP contribution is 2.20. The van der Waals surface area contributed by atoms with Crippen LogP contribution in [0, 0.1) is 5.92 Å². The maximum Gasteiger partial charge on any atom is 0.407 e. The number of nitrogens with one attached hydrogen (secondary N) is 2. The average molecular weight is 327 g/mol. The van der Waals surface area contributed by atoms with Crippen LogP contribution < -0.4 is 10.6 Å². The first-order valence-corrected chi connectivity index (χ1v) is 9.49. The summed E-state index contributed by atoms with van der Waals surface area (Å²) in [7, 11) is 0. The lowest BCUT2D eigenvalue weighted by Crippen LogP contribution is -2.39. The Balaban J connectivity index is 2.03. The lowest BCUT2D eigenvalue weighted by molar-refractivity contribution is 0.0505. The van der Waals surface area contributed by atoms with Gasteiger partial charge in [0.05, 0.1) is 0 Å². The number of amides is 1. The van der Waals surface area contributed by atoms with Gasteiger partial charge in [-0.3, -0.25) is 0 Å². The maximum absolute atomic E-state index is 11.8. The molecular formula is C19H38N2O2. The van der Waals surface area contributed by atoms with E-state index >= 15 is 0 Å². The molecule has 0 aliphatic heterocycles. The Hall–Kier alpha value is -0.770. The summed E-state index contributed by atoms with van der Waals surface area (Å²) in [6, 6.07) is 0.805. The van der Waals surface area contributed by atoms with Crippen LogP contribution in [-0.2, 0) is 4.74 Å². The molecule has 2 atom stereocenters. The van der Waals surface area contributed by atoms with Crippen molar-refractivity contribution < 1.29 is 9.53 Å². The SMILES string of the molecule is CC(C)CCCCCCNC1CCC(NC(=O)OC(C)(C)C)C1. The molecule has 136 valence electrons. The van der Waals surface area contributed by atoms with Gasteiger partial charge in [0, 0.05) is 12.1 Å². The highest BCUT2D eigenvalue weighted by Gasteiger charge is 2.27. The van der Waals surface area contributed by atoms with E-state index in [-0.39, 0.29) is 12.1 Å². The highest BCUT2D eigenvalue weighted by molar-refractivity contribution is 5.68. The Morgan fingerprint density at radius 1 is 1.09 bits per heavy atom. The van der Waals surface area contributed by atoms with E-state index in [1.165, 1.54) is 32.1 Å². The Bertz CT molecular complexity index is 337. The molecule has 1 fully saturated rings. The van der Waals surface area contributed by atoms with Crippen molar-refractivity contribution >= 4 is 6.09 Å². The first kappa shape index (κ1) is 20.3. The van der Waals surface area contributed by atoms with E-state index in [9.17, 15) is 4.79 Å². The zero-order valence-corrected chi connectivity index (χ0v) is 15.9. The minimum absolute atomic E-state index is 0.258. The van der Waals surface area contributed by atoms with Crippen molar-refractivity contribution in [2.45, 2.75) is 104 Å². The van der Waals surface area contributed by atoms with Crippen molar-refractivity contribution in [3.05, 3.63) is 0 Å². The number of unbranched alkanes of at least 4 members (excludes halogenated alkanes) is 3. The molecule has 4 heteroatoms. The number of rotatable bonds is 9. The number of alkyl carbamates (subject to hydrolysis) is 1. The number of hydrogen-bond donors (Lipinski definition) is 2. The van der Waals surface area contributed by atoms with E-state index in [1.54, 1.807) is 0 Å². The van der Waals surface area contributed by atoms with Crippen LogP contribution in [0.15, 0.2) is 0 Å². The zero-order valence-electron chi connectivity index (χ0n) is 15.9. The van der Waals surface area contributed by atoms with Gasteiger partial charge in [-0.1, -0.05) is 39.5 Å². The second kappa shape index (κ2) is 10.2. The molecule has 0 bridgehead atoms. The van der Waals surface area contributed by atoms with Crippen molar-refractivity contribution in [3.63, 3.8) is 0 Å². The van der Waals surface area contributed by atoms with Gasteiger partial charge in [-0.25, -0.2) is 4.79 Å². The van der Waals surface area contributed by atoms with E-state index in [1.807, 2.05) is 20.8 Å². The van der Waals surface area contributed by atoms with E-state index in [4.69, 9.17) is 4.74 Å². The summed E-state index contributed by atoms with van der Waals surface area (Å²) in [5.74, 6) is 0.834. The molecule has 1 saturated carbocycles. The Morgan fingerprint density at radius 3 is 2.39 bits per heavy atom. The summed E-state index contributed by atoms with van der Waals surface area (Å²) >= 11 is 0. The summed E-state index contributed by atoms with van der Waals surface area (Å²) in [5.41, 5.74) is -0.421. The van der Waals surface area contributed by atoms with Gasteiger partial charge < -0.3 is 15.4 Å².